The number of alkyl halides is 1. The molecule has 1 aromatic carbocycles. The van der Waals surface area contributed by atoms with Crippen LogP contribution < -0.4 is 5.73 Å². The molecule has 2 rings (SSSR count). The Bertz CT molecular complexity index is 559. The molecule has 0 atom stereocenters. The van der Waals surface area contributed by atoms with Crippen molar-refractivity contribution in [1.29, 1.82) is 0 Å². The summed E-state index contributed by atoms with van der Waals surface area (Å²) in [5, 5.41) is 5.72. The summed E-state index contributed by atoms with van der Waals surface area (Å²) in [7, 11) is 1.85. The number of nitrogens with zero attached hydrogens (tertiary/aromatic N) is 3. The maximum Gasteiger partial charge on any atom is 0.115 e. The average molecular weight is 257 g/mol. The van der Waals surface area contributed by atoms with Gasteiger partial charge in [-0.05, 0) is 12.1 Å². The van der Waals surface area contributed by atoms with Crippen molar-refractivity contribution in [2.24, 2.45) is 17.8 Å². The second-order valence-electron chi connectivity index (χ2n) is 3.40. The van der Waals surface area contributed by atoms with Crippen molar-refractivity contribution >= 4 is 45.6 Å². The monoisotopic (exact) mass is 256 g/mol. The quantitative estimate of drug-likeness (QED) is 0.510. The lowest BCUT2D eigenvalue weighted by atomic mass is 10.2. The molecule has 1 heterocycles. The van der Waals surface area contributed by atoms with E-state index in [-0.39, 0.29) is 5.88 Å². The fourth-order valence-corrected chi connectivity index (χ4v) is 1.69. The van der Waals surface area contributed by atoms with Gasteiger partial charge < -0.3 is 5.73 Å². The average Bonchev–Trinajstić information content (AvgIpc) is 2.58. The normalized spacial score (nSPS) is 12.3. The molecule has 0 spiro atoms. The smallest absolute Gasteiger partial charge is 0.115 e. The zero-order valence-corrected chi connectivity index (χ0v) is 10.1. The molecule has 16 heavy (non-hydrogen) atoms. The topological polar surface area (TPSA) is 56.2 Å². The summed E-state index contributed by atoms with van der Waals surface area (Å²) < 4.78 is 1.72. The molecule has 0 radical (unpaired) electrons. The first-order chi connectivity index (χ1) is 7.60. The summed E-state index contributed by atoms with van der Waals surface area (Å²) in [6, 6.07) is 3.60. The van der Waals surface area contributed by atoms with Crippen LogP contribution >= 0.6 is 23.2 Å². The van der Waals surface area contributed by atoms with E-state index in [9.17, 15) is 0 Å². The molecule has 4 nitrogen and oxygen atoms in total. The lowest BCUT2D eigenvalue weighted by molar-refractivity contribution is 0.780. The van der Waals surface area contributed by atoms with Crippen molar-refractivity contribution in [3.8, 4) is 0 Å². The summed E-state index contributed by atoms with van der Waals surface area (Å²) in [6.45, 7) is 0. The van der Waals surface area contributed by atoms with E-state index >= 15 is 0 Å². The van der Waals surface area contributed by atoms with E-state index in [1.165, 1.54) is 0 Å². The van der Waals surface area contributed by atoms with Crippen LogP contribution in [0.1, 0.15) is 0 Å². The highest BCUT2D eigenvalue weighted by Gasteiger charge is 2.05. The van der Waals surface area contributed by atoms with Crippen molar-refractivity contribution in [2.45, 2.75) is 0 Å². The number of aliphatic imine (C=N–C) groups is 1. The van der Waals surface area contributed by atoms with Crippen LogP contribution in [0.2, 0.25) is 5.02 Å². The fraction of sp³-hybridized carbons (Fsp3) is 0.200. The number of aryl methyl sites for hydroxylation is 1. The second-order valence-corrected chi connectivity index (χ2v) is 4.08. The Morgan fingerprint density at radius 3 is 3.00 bits per heavy atom. The van der Waals surface area contributed by atoms with Crippen LogP contribution in [-0.2, 0) is 7.05 Å². The molecule has 0 aliphatic carbocycles. The summed E-state index contributed by atoms with van der Waals surface area (Å²) >= 11 is 11.6. The lowest BCUT2D eigenvalue weighted by Crippen LogP contribution is -2.12. The van der Waals surface area contributed by atoms with Crippen LogP contribution in [0.15, 0.2) is 23.3 Å². The van der Waals surface area contributed by atoms with Gasteiger partial charge in [-0.1, -0.05) is 11.6 Å². The molecule has 0 bridgehead atoms. The second kappa shape index (κ2) is 4.31. The van der Waals surface area contributed by atoms with Crippen LogP contribution in [-0.4, -0.2) is 21.5 Å². The highest BCUT2D eigenvalue weighted by Crippen LogP contribution is 2.29. The third-order valence-electron chi connectivity index (χ3n) is 2.09. The predicted molar refractivity (Wildman–Crippen MR) is 67.7 cm³/mol. The Morgan fingerprint density at radius 2 is 2.31 bits per heavy atom. The number of hydrogen-bond donors (Lipinski definition) is 1. The van der Waals surface area contributed by atoms with E-state index in [4.69, 9.17) is 28.9 Å². The lowest BCUT2D eigenvalue weighted by Gasteiger charge is -1.99. The maximum absolute atomic E-state index is 6.06. The molecular formula is C10H10Cl2N4. The van der Waals surface area contributed by atoms with Crippen LogP contribution in [0.25, 0.3) is 10.9 Å². The van der Waals surface area contributed by atoms with E-state index < -0.39 is 0 Å². The first-order valence-corrected chi connectivity index (χ1v) is 5.53. The standard InChI is InChI=1S/C10H10Cl2N4/c1-16-5-6-2-9(14-10(13)4-11)7(12)3-8(6)15-16/h2-3,5H,4H2,1H3,(H2,13,14). The third kappa shape index (κ3) is 2.13. The molecule has 0 unspecified atom stereocenters. The number of fused-ring (bicyclic) bond motifs is 1. The van der Waals surface area contributed by atoms with Gasteiger partial charge in [0.15, 0.2) is 0 Å². The first-order valence-electron chi connectivity index (χ1n) is 4.62. The molecule has 6 heteroatoms. The van der Waals surface area contributed by atoms with Gasteiger partial charge in [0.05, 0.1) is 22.1 Å². The highest BCUT2D eigenvalue weighted by atomic mass is 35.5. The van der Waals surface area contributed by atoms with Crippen molar-refractivity contribution in [3.63, 3.8) is 0 Å². The SMILES string of the molecule is Cn1cc2cc(N=C(N)CCl)c(Cl)cc2n1. The van der Waals surface area contributed by atoms with Gasteiger partial charge in [0.1, 0.15) is 5.84 Å². The van der Waals surface area contributed by atoms with Gasteiger partial charge in [0.25, 0.3) is 0 Å². The van der Waals surface area contributed by atoms with Gasteiger partial charge in [-0.2, -0.15) is 5.10 Å². The molecule has 1 aromatic heterocycles. The van der Waals surface area contributed by atoms with Crippen LogP contribution in [0, 0.1) is 0 Å². The molecule has 0 saturated carbocycles. The summed E-state index contributed by atoms with van der Waals surface area (Å²) in [5.41, 5.74) is 7.00. The third-order valence-corrected chi connectivity index (χ3v) is 2.67. The molecule has 2 N–H and O–H groups in total. The minimum absolute atomic E-state index is 0.182. The van der Waals surface area contributed by atoms with E-state index in [1.807, 2.05) is 19.3 Å². The minimum Gasteiger partial charge on any atom is -0.386 e. The van der Waals surface area contributed by atoms with E-state index in [0.717, 1.165) is 10.9 Å². The predicted octanol–water partition coefficient (Wildman–Crippen LogP) is 2.45. The van der Waals surface area contributed by atoms with E-state index in [2.05, 4.69) is 10.1 Å². The zero-order chi connectivity index (χ0) is 11.7. The van der Waals surface area contributed by atoms with Gasteiger partial charge in [0, 0.05) is 18.6 Å². The fourth-order valence-electron chi connectivity index (χ4n) is 1.43. The summed E-state index contributed by atoms with van der Waals surface area (Å²) in [6.07, 6.45) is 1.89. The van der Waals surface area contributed by atoms with Crippen molar-refractivity contribution < 1.29 is 0 Å². The Kier molecular flexibility index (Phi) is 3.03. The van der Waals surface area contributed by atoms with E-state index in [1.54, 1.807) is 10.7 Å². The molecule has 84 valence electrons. The van der Waals surface area contributed by atoms with Gasteiger partial charge in [-0.25, -0.2) is 4.99 Å². The first kappa shape index (κ1) is 11.2. The van der Waals surface area contributed by atoms with Crippen molar-refractivity contribution in [2.75, 3.05) is 5.88 Å². The Labute approximate surface area is 103 Å². The molecule has 0 fully saturated rings. The Balaban J connectivity index is 2.57. The van der Waals surface area contributed by atoms with Gasteiger partial charge in [0.2, 0.25) is 0 Å². The molecule has 0 amide bonds. The number of amidine groups is 1. The summed E-state index contributed by atoms with van der Waals surface area (Å²) in [5.74, 6) is 0.522. The highest BCUT2D eigenvalue weighted by molar-refractivity contribution is 6.34. The largest absolute Gasteiger partial charge is 0.386 e. The van der Waals surface area contributed by atoms with Gasteiger partial charge in [-0.15, -0.1) is 11.6 Å². The molecular weight excluding hydrogens is 247 g/mol. The van der Waals surface area contributed by atoms with Gasteiger partial charge >= 0.3 is 0 Å². The molecule has 0 saturated heterocycles. The number of benzene rings is 1. The number of halogens is 2. The Morgan fingerprint density at radius 1 is 1.56 bits per heavy atom. The zero-order valence-electron chi connectivity index (χ0n) is 8.61. The van der Waals surface area contributed by atoms with Crippen molar-refractivity contribution in [1.82, 2.24) is 9.78 Å². The minimum atomic E-state index is 0.182. The molecule has 0 aliphatic heterocycles. The van der Waals surface area contributed by atoms with Gasteiger partial charge in [-0.3, -0.25) is 4.68 Å². The van der Waals surface area contributed by atoms with Crippen LogP contribution in [0.4, 0.5) is 5.69 Å². The van der Waals surface area contributed by atoms with Crippen molar-refractivity contribution in [3.05, 3.63) is 23.4 Å². The number of aromatic nitrogens is 2. The number of hydrogen-bond acceptors (Lipinski definition) is 2. The number of nitrogens with two attached hydrogens (primary N) is 1. The molecule has 0 aliphatic rings. The number of rotatable bonds is 2. The van der Waals surface area contributed by atoms with E-state index in [0.29, 0.717) is 16.5 Å². The summed E-state index contributed by atoms with van der Waals surface area (Å²) in [4.78, 5) is 4.13. The van der Waals surface area contributed by atoms with Crippen LogP contribution in [0.3, 0.4) is 0 Å². The Hall–Kier alpha value is -1.26. The maximum atomic E-state index is 6.06. The van der Waals surface area contributed by atoms with Crippen LogP contribution in [0.5, 0.6) is 0 Å². The molecule has 2 aromatic rings.